The zero-order chi connectivity index (χ0) is 29.4. The Balaban J connectivity index is 0.00000170. The van der Waals surface area contributed by atoms with Crippen LogP contribution in [0.5, 0.6) is 0 Å². The second-order valence-electron chi connectivity index (χ2n) is 12.4. The van der Waals surface area contributed by atoms with Crippen LogP contribution in [0.1, 0.15) is 35.1 Å². The Bertz CT molecular complexity index is 1030. The molecule has 9 heteroatoms. The molecule has 0 saturated heterocycles. The summed E-state index contributed by atoms with van der Waals surface area (Å²) < 4.78 is 12.9. The van der Waals surface area contributed by atoms with E-state index >= 15 is 0 Å². The molecule has 2 unspecified atom stereocenters. The van der Waals surface area contributed by atoms with E-state index in [1.165, 1.54) is 33.2 Å². The molecule has 1 aliphatic carbocycles. The predicted octanol–water partition coefficient (Wildman–Crippen LogP) is 10.2. The Morgan fingerprint density at radius 2 is 0.949 bits per heavy atom. The summed E-state index contributed by atoms with van der Waals surface area (Å²) >= 11 is 6.00. The molecule has 4 nitrogen and oxygen atoms in total. The molecule has 1 aliphatic rings. The predicted molar refractivity (Wildman–Crippen MR) is 179 cm³/mol. The van der Waals surface area contributed by atoms with Crippen LogP contribution in [0.2, 0.25) is 39.3 Å². The van der Waals surface area contributed by atoms with E-state index in [0.29, 0.717) is 11.8 Å². The molecule has 0 spiro atoms. The summed E-state index contributed by atoms with van der Waals surface area (Å²) in [5, 5.41) is 0. The van der Waals surface area contributed by atoms with Gasteiger partial charge < -0.3 is 8.85 Å². The number of halogens is 2. The van der Waals surface area contributed by atoms with Crippen LogP contribution in [-0.4, -0.2) is 41.3 Å². The molecular weight excluding hydrogens is 695 g/mol. The molecule has 0 aromatic heterocycles. The molecule has 220 valence electrons. The van der Waals surface area contributed by atoms with Gasteiger partial charge in [0.05, 0.1) is 22.8 Å². The van der Waals surface area contributed by atoms with Gasteiger partial charge in [-0.1, -0.05) is 36.4 Å². The van der Waals surface area contributed by atoms with Gasteiger partial charge in [-0.3, -0.25) is 9.98 Å². The molecule has 0 radical (unpaired) electrons. The normalized spacial score (nSPS) is 20.3. The van der Waals surface area contributed by atoms with E-state index in [1.807, 2.05) is 0 Å². The molecule has 0 amide bonds. The van der Waals surface area contributed by atoms with Gasteiger partial charge in [0, 0.05) is 13.2 Å². The topological polar surface area (TPSA) is 43.2 Å². The molecular formula is C30H46Br2N2NiO2Si2. The van der Waals surface area contributed by atoms with Crippen LogP contribution in [0.3, 0.4) is 0 Å². The van der Waals surface area contributed by atoms with Crippen molar-refractivity contribution in [1.29, 1.82) is 0 Å². The van der Waals surface area contributed by atoms with Gasteiger partial charge in [0.25, 0.3) is 0 Å². The molecule has 1 saturated carbocycles. The van der Waals surface area contributed by atoms with Crippen LogP contribution in [0.4, 0.5) is 11.4 Å². The fourth-order valence-electron chi connectivity index (χ4n) is 4.62. The summed E-state index contributed by atoms with van der Waals surface area (Å²) in [6.45, 7) is 23.7. The molecule has 0 heterocycles. The Morgan fingerprint density at radius 3 is 1.21 bits per heavy atom. The zero-order valence-electron chi connectivity index (χ0n) is 25.2. The fraction of sp³-hybridized carbons (Fsp3) is 0.533. The van der Waals surface area contributed by atoms with Crippen molar-refractivity contribution in [2.75, 3.05) is 13.2 Å². The van der Waals surface area contributed by atoms with E-state index in [0.717, 1.165) is 48.9 Å². The molecule has 2 atom stereocenters. The van der Waals surface area contributed by atoms with Gasteiger partial charge in [0.1, 0.15) is 0 Å². The number of nitrogens with zero attached hydrogens (tertiary/aromatic N) is 2. The number of para-hydroxylation sites is 2. The quantitative estimate of drug-likeness (QED) is 0.253. The third-order valence-electron chi connectivity index (χ3n) is 6.74. The third-order valence-corrected chi connectivity index (χ3v) is 8.81. The summed E-state index contributed by atoms with van der Waals surface area (Å²) in [4.78, 5) is 10.6. The van der Waals surface area contributed by atoms with E-state index in [9.17, 15) is 0 Å². The van der Waals surface area contributed by atoms with E-state index in [1.54, 1.807) is 0 Å². The number of rotatable bonds is 8. The number of hydrogen-bond donors (Lipinski definition) is 0. The van der Waals surface area contributed by atoms with Crippen LogP contribution in [0.15, 0.2) is 46.4 Å². The van der Waals surface area contributed by atoms with E-state index in [4.69, 9.17) is 18.8 Å². The van der Waals surface area contributed by atoms with E-state index < -0.39 is 16.6 Å². The van der Waals surface area contributed by atoms with Gasteiger partial charge >= 0.3 is 39.3 Å². The first-order chi connectivity index (χ1) is 18.1. The summed E-state index contributed by atoms with van der Waals surface area (Å²) in [6.07, 6.45) is 1.73. The van der Waals surface area contributed by atoms with Crippen molar-refractivity contribution >= 4 is 67.9 Å². The van der Waals surface area contributed by atoms with Gasteiger partial charge in [-0.05, 0) is 114 Å². The van der Waals surface area contributed by atoms with Crippen molar-refractivity contribution in [1.82, 2.24) is 0 Å². The second-order valence-corrected chi connectivity index (χ2v) is 26.4. The standard InChI is InChI=1S/C30H46N2O2Si2.2BrH.Ni/c1-21-13-11-14-22(2)29(21)31-27-17-25(19-33-35(5,6)7)26(20-34-36(8,9)10)18-28(27)32-30-23(3)15-12-16-24(30)4;;;/h11-16,25-26H,17-20H2,1-10H3;2*1H;/q;;;+2/p-2. The Kier molecular flexibility index (Phi) is 14.0. The SMILES string of the molecule is Cc1cccc(C)c1N=C1CC(CO[Si](C)(C)C)C(CO[Si](C)(C)C)CC1=Nc1c(C)cccc1C.[Br][Ni][Br]. The fourth-order valence-corrected chi connectivity index (χ4v) is 6.05. The van der Waals surface area contributed by atoms with Crippen LogP contribution >= 0.6 is 28.5 Å². The maximum absolute atomic E-state index is 6.47. The Morgan fingerprint density at radius 1 is 0.667 bits per heavy atom. The molecule has 0 N–H and O–H groups in total. The van der Waals surface area contributed by atoms with Gasteiger partial charge in [-0.2, -0.15) is 0 Å². The molecule has 2 aromatic rings. The Labute approximate surface area is 259 Å². The summed E-state index contributed by atoms with van der Waals surface area (Å²) in [7, 11) is -2.03. The van der Waals surface area contributed by atoms with Crippen LogP contribution in [0, 0.1) is 39.5 Å². The van der Waals surface area contributed by atoms with Gasteiger partial charge in [-0.15, -0.1) is 0 Å². The maximum atomic E-state index is 6.47. The molecule has 2 aromatic carbocycles. The van der Waals surface area contributed by atoms with Crippen molar-refractivity contribution in [3.8, 4) is 0 Å². The first-order valence-electron chi connectivity index (χ1n) is 13.5. The van der Waals surface area contributed by atoms with Gasteiger partial charge in [0.2, 0.25) is 0 Å². The summed E-state index contributed by atoms with van der Waals surface area (Å²) in [6, 6.07) is 12.8. The number of hydrogen-bond acceptors (Lipinski definition) is 4. The molecule has 3 rings (SSSR count). The first kappa shape index (κ1) is 34.8. The monoisotopic (exact) mass is 738 g/mol. The summed E-state index contributed by atoms with van der Waals surface area (Å²) in [5.41, 5.74) is 9.15. The number of aliphatic imine (C=N–C) groups is 2. The van der Waals surface area contributed by atoms with Crippen LogP contribution < -0.4 is 0 Å². The average Bonchev–Trinajstić information content (AvgIpc) is 2.81. The van der Waals surface area contributed by atoms with Crippen molar-refractivity contribution in [2.24, 2.45) is 21.8 Å². The van der Waals surface area contributed by atoms with Gasteiger partial charge in [-0.25, -0.2) is 0 Å². The van der Waals surface area contributed by atoms with Gasteiger partial charge in [0.15, 0.2) is 16.6 Å². The van der Waals surface area contributed by atoms with Crippen LogP contribution in [-0.2, 0) is 19.7 Å². The molecule has 1 fully saturated rings. The first-order valence-corrected chi connectivity index (χ1v) is 25.2. The van der Waals surface area contributed by atoms with Crippen LogP contribution in [0.25, 0.3) is 0 Å². The second kappa shape index (κ2) is 15.7. The van der Waals surface area contributed by atoms with E-state index in [-0.39, 0.29) is 0 Å². The molecule has 39 heavy (non-hydrogen) atoms. The third kappa shape index (κ3) is 11.8. The van der Waals surface area contributed by atoms with Crippen molar-refractivity contribution < 1.29 is 19.7 Å². The van der Waals surface area contributed by atoms with Crippen molar-refractivity contribution in [2.45, 2.75) is 79.8 Å². The minimum absolute atomic E-state index is 0.369. The molecule has 0 bridgehead atoms. The number of benzene rings is 2. The number of aryl methyl sites for hydroxylation is 4. The molecule has 0 aliphatic heterocycles. The Hall–Kier alpha value is -0.413. The van der Waals surface area contributed by atoms with Crippen molar-refractivity contribution in [3.63, 3.8) is 0 Å². The average molecular weight is 741 g/mol. The summed E-state index contributed by atoms with van der Waals surface area (Å²) in [5.74, 6) is 0.737. The zero-order valence-corrected chi connectivity index (χ0v) is 31.4. The van der Waals surface area contributed by atoms with Crippen molar-refractivity contribution in [3.05, 3.63) is 58.7 Å². The van der Waals surface area contributed by atoms with E-state index in [2.05, 4.69) is 132 Å². The minimum atomic E-state index is -1.64.